The van der Waals surface area contributed by atoms with Gasteiger partial charge in [0.25, 0.3) is 0 Å². The Morgan fingerprint density at radius 2 is 1.86 bits per heavy atom. The second kappa shape index (κ2) is 10.1. The molecule has 1 amide bonds. The number of carbonyl (C=O) groups is 1. The van der Waals surface area contributed by atoms with Crippen molar-refractivity contribution < 1.29 is 14.3 Å². The van der Waals surface area contributed by atoms with Gasteiger partial charge in [-0.2, -0.15) is 0 Å². The van der Waals surface area contributed by atoms with E-state index in [1.807, 2.05) is 66.7 Å². The summed E-state index contributed by atoms with van der Waals surface area (Å²) in [5.41, 5.74) is 2.55. The third kappa shape index (κ3) is 6.38. The van der Waals surface area contributed by atoms with Crippen LogP contribution >= 0.6 is 27.5 Å². The third-order valence-corrected chi connectivity index (χ3v) is 4.76. The largest absolute Gasteiger partial charge is 0.493 e. The molecule has 0 radical (unpaired) electrons. The van der Waals surface area contributed by atoms with Crippen LogP contribution in [0.15, 0.2) is 77.3 Å². The van der Waals surface area contributed by atoms with Crippen LogP contribution in [-0.2, 0) is 11.4 Å². The number of benzene rings is 3. The van der Waals surface area contributed by atoms with E-state index in [-0.39, 0.29) is 5.91 Å². The van der Waals surface area contributed by atoms with Crippen molar-refractivity contribution in [3.63, 3.8) is 0 Å². The van der Waals surface area contributed by atoms with E-state index in [0.717, 1.165) is 21.3 Å². The lowest BCUT2D eigenvalue weighted by Gasteiger charge is -2.11. The van der Waals surface area contributed by atoms with Crippen molar-refractivity contribution in [2.75, 3.05) is 12.4 Å². The Balaban J connectivity index is 1.63. The number of hydrogen-bond donors (Lipinski definition) is 1. The van der Waals surface area contributed by atoms with Crippen LogP contribution in [0.1, 0.15) is 11.1 Å². The second-order valence-corrected chi connectivity index (χ2v) is 7.51. The number of rotatable bonds is 7. The van der Waals surface area contributed by atoms with Gasteiger partial charge in [-0.1, -0.05) is 51.8 Å². The normalized spacial score (nSPS) is 10.7. The van der Waals surface area contributed by atoms with Crippen LogP contribution in [0, 0.1) is 0 Å². The molecule has 0 unspecified atom stereocenters. The molecule has 0 aliphatic rings. The molecule has 0 fully saturated rings. The highest BCUT2D eigenvalue weighted by Crippen LogP contribution is 2.29. The fraction of sp³-hybridized carbons (Fsp3) is 0.0870. The summed E-state index contributed by atoms with van der Waals surface area (Å²) in [5.74, 6) is 0.997. The van der Waals surface area contributed by atoms with E-state index in [1.165, 1.54) is 6.08 Å². The predicted octanol–water partition coefficient (Wildman–Crippen LogP) is 6.34. The van der Waals surface area contributed by atoms with Crippen molar-refractivity contribution in [1.29, 1.82) is 0 Å². The van der Waals surface area contributed by atoms with Crippen LogP contribution in [-0.4, -0.2) is 13.0 Å². The van der Waals surface area contributed by atoms with Crippen LogP contribution in [0.25, 0.3) is 6.08 Å². The fourth-order valence-electron chi connectivity index (χ4n) is 2.57. The Bertz CT molecular complexity index is 1020. The van der Waals surface area contributed by atoms with Crippen LogP contribution < -0.4 is 14.8 Å². The molecule has 0 aromatic heterocycles. The molecule has 4 nitrogen and oxygen atoms in total. The molecular formula is C23H19BrClNO3. The summed E-state index contributed by atoms with van der Waals surface area (Å²) in [6.45, 7) is 0.401. The summed E-state index contributed by atoms with van der Waals surface area (Å²) >= 11 is 9.28. The number of nitrogens with one attached hydrogen (secondary N) is 1. The molecule has 0 heterocycles. The van der Waals surface area contributed by atoms with Crippen molar-refractivity contribution in [2.45, 2.75) is 6.61 Å². The molecule has 3 aromatic carbocycles. The Kier molecular flexibility index (Phi) is 7.33. The summed E-state index contributed by atoms with van der Waals surface area (Å²) < 4.78 is 12.2. The molecule has 1 N–H and O–H groups in total. The van der Waals surface area contributed by atoms with Gasteiger partial charge in [0.2, 0.25) is 5.91 Å². The highest BCUT2D eigenvalue weighted by molar-refractivity contribution is 9.10. The number of methoxy groups -OCH3 is 1. The number of anilines is 1. The van der Waals surface area contributed by atoms with Crippen molar-refractivity contribution in [1.82, 2.24) is 0 Å². The van der Waals surface area contributed by atoms with Crippen molar-refractivity contribution in [3.8, 4) is 11.5 Å². The lowest BCUT2D eigenvalue weighted by Crippen LogP contribution is -2.07. The smallest absolute Gasteiger partial charge is 0.248 e. The van der Waals surface area contributed by atoms with Crippen LogP contribution in [0.3, 0.4) is 0 Å². The molecule has 0 bridgehead atoms. The summed E-state index contributed by atoms with van der Waals surface area (Å²) in [5, 5.41) is 3.50. The molecule has 148 valence electrons. The highest BCUT2D eigenvalue weighted by Gasteiger charge is 2.06. The van der Waals surface area contributed by atoms with Gasteiger partial charge in [-0.25, -0.2) is 0 Å². The van der Waals surface area contributed by atoms with Crippen molar-refractivity contribution in [3.05, 3.63) is 93.4 Å². The molecule has 29 heavy (non-hydrogen) atoms. The van der Waals surface area contributed by atoms with E-state index in [0.29, 0.717) is 23.1 Å². The summed E-state index contributed by atoms with van der Waals surface area (Å²) in [7, 11) is 1.58. The van der Waals surface area contributed by atoms with Gasteiger partial charge in [-0.05, 0) is 59.7 Å². The van der Waals surface area contributed by atoms with Crippen LogP contribution in [0.5, 0.6) is 11.5 Å². The average Bonchev–Trinajstić information content (AvgIpc) is 2.72. The molecule has 0 saturated heterocycles. The topological polar surface area (TPSA) is 47.6 Å². The number of hydrogen-bond acceptors (Lipinski definition) is 3. The average molecular weight is 473 g/mol. The number of halogens is 2. The van der Waals surface area contributed by atoms with Gasteiger partial charge in [0.1, 0.15) is 6.61 Å². The lowest BCUT2D eigenvalue weighted by atomic mass is 10.2. The quantitative estimate of drug-likeness (QED) is 0.408. The molecule has 6 heteroatoms. The minimum atomic E-state index is -0.217. The highest BCUT2D eigenvalue weighted by atomic mass is 79.9. The standard InChI is InChI=1S/C23H19BrClNO3/c1-28-22-13-16(8-12-23(27)26-20-4-2-3-18(24)14-20)7-11-21(22)29-15-17-5-9-19(25)10-6-17/h2-14H,15H2,1H3,(H,26,27). The lowest BCUT2D eigenvalue weighted by molar-refractivity contribution is -0.111. The first kappa shape index (κ1) is 21.0. The second-order valence-electron chi connectivity index (χ2n) is 6.16. The number of carbonyl (C=O) groups excluding carboxylic acids is 1. The van der Waals surface area contributed by atoms with Crippen LogP contribution in [0.4, 0.5) is 5.69 Å². The van der Waals surface area contributed by atoms with E-state index in [4.69, 9.17) is 21.1 Å². The SMILES string of the molecule is COc1cc(C=CC(=O)Nc2cccc(Br)c2)ccc1OCc1ccc(Cl)cc1. The molecule has 0 saturated carbocycles. The number of ether oxygens (including phenoxy) is 2. The first-order valence-electron chi connectivity index (χ1n) is 8.83. The molecule has 0 aliphatic carbocycles. The van der Waals surface area contributed by atoms with Gasteiger partial charge in [-0.15, -0.1) is 0 Å². The zero-order chi connectivity index (χ0) is 20.6. The molecule has 0 aliphatic heterocycles. The Morgan fingerprint density at radius 1 is 1.07 bits per heavy atom. The molecule has 0 atom stereocenters. The van der Waals surface area contributed by atoms with Gasteiger partial charge in [0, 0.05) is 21.3 Å². The van der Waals surface area contributed by atoms with Crippen molar-refractivity contribution >= 4 is 45.2 Å². The monoisotopic (exact) mass is 471 g/mol. The van der Waals surface area contributed by atoms with Gasteiger partial charge in [0.15, 0.2) is 11.5 Å². The van der Waals surface area contributed by atoms with Gasteiger partial charge < -0.3 is 14.8 Å². The summed E-state index contributed by atoms with van der Waals surface area (Å²) in [6, 6.07) is 20.4. The maximum atomic E-state index is 12.1. The van der Waals surface area contributed by atoms with Crippen LogP contribution in [0.2, 0.25) is 5.02 Å². The summed E-state index contributed by atoms with van der Waals surface area (Å²) in [6.07, 6.45) is 3.20. The minimum Gasteiger partial charge on any atom is -0.493 e. The zero-order valence-corrected chi connectivity index (χ0v) is 18.0. The molecule has 3 aromatic rings. The molecular weight excluding hydrogens is 454 g/mol. The number of amides is 1. The summed E-state index contributed by atoms with van der Waals surface area (Å²) in [4.78, 5) is 12.1. The van der Waals surface area contributed by atoms with E-state index in [2.05, 4.69) is 21.2 Å². The molecule has 0 spiro atoms. The van der Waals surface area contributed by atoms with Gasteiger partial charge in [0.05, 0.1) is 7.11 Å². The Labute approximate surface area is 183 Å². The first-order valence-corrected chi connectivity index (χ1v) is 10.0. The van der Waals surface area contributed by atoms with E-state index in [1.54, 1.807) is 13.2 Å². The third-order valence-electron chi connectivity index (χ3n) is 4.01. The zero-order valence-electron chi connectivity index (χ0n) is 15.7. The van der Waals surface area contributed by atoms with Gasteiger partial charge >= 0.3 is 0 Å². The maximum absolute atomic E-state index is 12.1. The van der Waals surface area contributed by atoms with Gasteiger partial charge in [-0.3, -0.25) is 4.79 Å². The Morgan fingerprint density at radius 3 is 2.59 bits per heavy atom. The van der Waals surface area contributed by atoms with E-state index in [9.17, 15) is 4.79 Å². The van der Waals surface area contributed by atoms with Crippen molar-refractivity contribution in [2.24, 2.45) is 0 Å². The maximum Gasteiger partial charge on any atom is 0.248 e. The minimum absolute atomic E-state index is 0.217. The fourth-order valence-corrected chi connectivity index (χ4v) is 3.10. The first-order chi connectivity index (χ1) is 14.0. The van der Waals surface area contributed by atoms with E-state index < -0.39 is 0 Å². The van der Waals surface area contributed by atoms with E-state index >= 15 is 0 Å². The Hall–Kier alpha value is -2.76. The molecule has 3 rings (SSSR count). The predicted molar refractivity (Wildman–Crippen MR) is 121 cm³/mol.